The van der Waals surface area contributed by atoms with Crippen LogP contribution in [-0.4, -0.2) is 71.1 Å². The van der Waals surface area contributed by atoms with Crippen LogP contribution in [0.25, 0.3) is 22.4 Å². The van der Waals surface area contributed by atoms with Gasteiger partial charge in [0.25, 0.3) is 5.91 Å². The van der Waals surface area contributed by atoms with Crippen LogP contribution in [0.3, 0.4) is 0 Å². The van der Waals surface area contributed by atoms with Crippen molar-refractivity contribution in [1.29, 1.82) is 0 Å². The van der Waals surface area contributed by atoms with Crippen molar-refractivity contribution >= 4 is 23.2 Å². The Morgan fingerprint density at radius 3 is 2.70 bits per heavy atom. The van der Waals surface area contributed by atoms with Crippen molar-refractivity contribution in [3.8, 4) is 22.4 Å². The molecule has 1 amide bonds. The zero-order valence-corrected chi connectivity index (χ0v) is 27.6. The third kappa shape index (κ3) is 7.64. The number of carbonyl (C=O) groups is 1. The molecule has 9 heteroatoms. The van der Waals surface area contributed by atoms with Gasteiger partial charge in [0.1, 0.15) is 0 Å². The number of β-amino-alcohol motifs (C(OH)–C–C–N with tert-alkyl or cyclic N) is 1. The minimum atomic E-state index is -0.190. The largest absolute Gasteiger partial charge is 0.392 e. The number of hydrogen-bond donors (Lipinski definition) is 4. The molecule has 0 bridgehead atoms. The molecule has 2 aliphatic rings. The van der Waals surface area contributed by atoms with Crippen LogP contribution >= 0.6 is 11.6 Å². The highest BCUT2D eigenvalue weighted by molar-refractivity contribution is 6.33. The van der Waals surface area contributed by atoms with Gasteiger partial charge >= 0.3 is 0 Å². The van der Waals surface area contributed by atoms with Crippen LogP contribution in [0.5, 0.6) is 0 Å². The average molecular weight is 641 g/mol. The average Bonchev–Trinajstić information content (AvgIpc) is 3.66. The summed E-state index contributed by atoms with van der Waals surface area (Å²) in [7, 11) is 0. The van der Waals surface area contributed by atoms with Crippen LogP contribution in [-0.2, 0) is 19.5 Å². The third-order valence-corrected chi connectivity index (χ3v) is 9.42. The minimum Gasteiger partial charge on any atom is -0.392 e. The van der Waals surface area contributed by atoms with E-state index >= 15 is 0 Å². The zero-order chi connectivity index (χ0) is 32.0. The maximum Gasteiger partial charge on any atom is 0.251 e. The maximum atomic E-state index is 13.1. The smallest absolute Gasteiger partial charge is 0.251 e. The Hall–Kier alpha value is -3.69. The highest BCUT2D eigenvalue weighted by atomic mass is 35.5. The highest BCUT2D eigenvalue weighted by Crippen LogP contribution is 2.35. The summed E-state index contributed by atoms with van der Waals surface area (Å²) >= 11 is 6.76. The molecule has 0 radical (unpaired) electrons. The SMILES string of the molecule is CC(C)c1ccc(NCCNC(=O)c2cccc(-c3cc(-c4nn(CCCN5CCC(O)C5)c5c4CNCC5)ccc3Cl)c2)cc1. The number of carbonyl (C=O) groups excluding carboxylic acids is 1. The van der Waals surface area contributed by atoms with Crippen molar-refractivity contribution < 1.29 is 9.90 Å². The summed E-state index contributed by atoms with van der Waals surface area (Å²) in [6.07, 6.45) is 2.62. The van der Waals surface area contributed by atoms with E-state index in [0.717, 1.165) is 86.6 Å². The second kappa shape index (κ2) is 14.8. The summed E-state index contributed by atoms with van der Waals surface area (Å²) in [4.78, 5) is 15.4. The first kappa shape index (κ1) is 32.3. The quantitative estimate of drug-likeness (QED) is 0.143. The number of nitrogens with one attached hydrogen (secondary N) is 3. The van der Waals surface area contributed by atoms with Crippen molar-refractivity contribution in [2.24, 2.45) is 0 Å². The van der Waals surface area contributed by atoms with Gasteiger partial charge in [0, 0.05) is 97.4 Å². The van der Waals surface area contributed by atoms with Gasteiger partial charge in [0.15, 0.2) is 0 Å². The van der Waals surface area contributed by atoms with Crippen LogP contribution in [0, 0.1) is 0 Å². The third-order valence-electron chi connectivity index (χ3n) is 9.09. The van der Waals surface area contributed by atoms with Gasteiger partial charge in [-0.3, -0.25) is 9.48 Å². The molecule has 6 rings (SSSR count). The first-order chi connectivity index (χ1) is 22.4. The van der Waals surface area contributed by atoms with E-state index in [1.807, 2.05) is 36.4 Å². The van der Waals surface area contributed by atoms with Crippen molar-refractivity contribution in [1.82, 2.24) is 25.3 Å². The highest BCUT2D eigenvalue weighted by Gasteiger charge is 2.23. The van der Waals surface area contributed by atoms with E-state index in [2.05, 4.69) is 69.7 Å². The fraction of sp³-hybridized carbons (Fsp3) is 0.405. The lowest BCUT2D eigenvalue weighted by molar-refractivity contribution is 0.0955. The van der Waals surface area contributed by atoms with Crippen LogP contribution in [0.2, 0.25) is 5.02 Å². The number of hydrogen-bond acceptors (Lipinski definition) is 6. The van der Waals surface area contributed by atoms with Gasteiger partial charge in [-0.15, -0.1) is 0 Å². The van der Waals surface area contributed by atoms with Gasteiger partial charge in [0.2, 0.25) is 0 Å². The normalized spacial score (nSPS) is 16.5. The van der Waals surface area contributed by atoms with E-state index in [0.29, 0.717) is 29.6 Å². The molecule has 4 aromatic rings. The molecule has 0 saturated carbocycles. The monoisotopic (exact) mass is 640 g/mol. The predicted molar refractivity (Wildman–Crippen MR) is 187 cm³/mol. The van der Waals surface area contributed by atoms with Crippen molar-refractivity contribution in [2.45, 2.75) is 58.2 Å². The van der Waals surface area contributed by atoms with Crippen molar-refractivity contribution in [3.05, 3.63) is 94.1 Å². The number of aliphatic hydroxyl groups excluding tert-OH is 1. The predicted octanol–water partition coefficient (Wildman–Crippen LogP) is 5.94. The number of anilines is 1. The number of aryl methyl sites for hydroxylation is 1. The summed E-state index contributed by atoms with van der Waals surface area (Å²) in [6, 6.07) is 22.1. The summed E-state index contributed by atoms with van der Waals surface area (Å²) < 4.78 is 2.19. The van der Waals surface area contributed by atoms with E-state index < -0.39 is 0 Å². The topological polar surface area (TPSA) is 94.5 Å². The molecule has 0 aliphatic carbocycles. The maximum absolute atomic E-state index is 13.1. The summed E-state index contributed by atoms with van der Waals surface area (Å²) in [5.74, 6) is 0.383. The fourth-order valence-electron chi connectivity index (χ4n) is 6.49. The lowest BCUT2D eigenvalue weighted by atomic mass is 9.97. The number of rotatable bonds is 12. The Morgan fingerprint density at radius 2 is 1.91 bits per heavy atom. The first-order valence-corrected chi connectivity index (χ1v) is 17.0. The molecule has 3 heterocycles. The molecule has 2 aliphatic heterocycles. The molecule has 3 aromatic carbocycles. The molecule has 1 saturated heterocycles. The van der Waals surface area contributed by atoms with E-state index in [1.54, 1.807) is 0 Å². The van der Waals surface area contributed by atoms with Gasteiger partial charge in [0.05, 0.1) is 11.8 Å². The Morgan fingerprint density at radius 1 is 1.07 bits per heavy atom. The van der Waals surface area contributed by atoms with Gasteiger partial charge in [-0.25, -0.2) is 0 Å². The molecule has 1 atom stereocenters. The van der Waals surface area contributed by atoms with Crippen LogP contribution in [0.1, 0.15) is 59.8 Å². The Bertz CT molecular complexity index is 1650. The van der Waals surface area contributed by atoms with E-state index in [9.17, 15) is 9.90 Å². The van der Waals surface area contributed by atoms with E-state index in [1.165, 1.54) is 16.8 Å². The van der Waals surface area contributed by atoms with Crippen LogP contribution in [0.4, 0.5) is 5.69 Å². The van der Waals surface area contributed by atoms with Crippen molar-refractivity contribution in [2.75, 3.05) is 44.6 Å². The molecule has 1 unspecified atom stereocenters. The number of aromatic nitrogens is 2. The molecular weight excluding hydrogens is 596 g/mol. The first-order valence-electron chi connectivity index (χ1n) is 16.6. The summed E-state index contributed by atoms with van der Waals surface area (Å²) in [5.41, 5.74) is 9.25. The molecule has 8 nitrogen and oxygen atoms in total. The lowest BCUT2D eigenvalue weighted by Crippen LogP contribution is -2.28. The second-order valence-electron chi connectivity index (χ2n) is 12.8. The number of benzene rings is 3. The number of fused-ring (bicyclic) bond motifs is 1. The molecule has 4 N–H and O–H groups in total. The van der Waals surface area contributed by atoms with Crippen molar-refractivity contribution in [3.63, 3.8) is 0 Å². The number of aliphatic hydroxyl groups is 1. The van der Waals surface area contributed by atoms with Gasteiger partial charge < -0.3 is 26.0 Å². The molecule has 1 fully saturated rings. The molecular formula is C37H45ClN6O2. The Balaban J connectivity index is 1.13. The van der Waals surface area contributed by atoms with Crippen LogP contribution < -0.4 is 16.0 Å². The number of halogens is 1. The molecule has 46 heavy (non-hydrogen) atoms. The Labute approximate surface area is 277 Å². The second-order valence-corrected chi connectivity index (χ2v) is 13.2. The number of nitrogens with zero attached hydrogens (tertiary/aromatic N) is 3. The zero-order valence-electron chi connectivity index (χ0n) is 26.9. The standard InChI is InChI=1S/C37H45ClN6O2/c1-25(2)26-7-10-30(11-8-26)40-16-17-41-37(46)29-6-3-5-27(21-29)32-22-28(9-12-34(32)38)36-33-23-39-15-13-35(33)44(42-36)19-4-18-43-20-14-31(45)24-43/h3,5-12,21-22,25,31,39-40,45H,4,13-20,23-24H2,1-2H3,(H,41,46). The molecule has 1 aromatic heterocycles. The summed E-state index contributed by atoms with van der Waals surface area (Å²) in [6.45, 7) is 10.8. The summed E-state index contributed by atoms with van der Waals surface area (Å²) in [5, 5.41) is 25.6. The fourth-order valence-corrected chi connectivity index (χ4v) is 6.72. The number of likely N-dealkylation sites (tertiary alicyclic amines) is 1. The van der Waals surface area contributed by atoms with Gasteiger partial charge in [-0.1, -0.05) is 55.8 Å². The molecule has 0 spiro atoms. The van der Waals surface area contributed by atoms with Gasteiger partial charge in [-0.05, 0) is 66.3 Å². The van der Waals surface area contributed by atoms with Gasteiger partial charge in [-0.2, -0.15) is 5.10 Å². The lowest BCUT2D eigenvalue weighted by Gasteiger charge is -2.17. The number of amides is 1. The van der Waals surface area contributed by atoms with Crippen LogP contribution in [0.15, 0.2) is 66.7 Å². The molecule has 242 valence electrons. The Kier molecular flexibility index (Phi) is 10.4. The van der Waals surface area contributed by atoms with E-state index in [4.69, 9.17) is 16.7 Å². The van der Waals surface area contributed by atoms with E-state index in [-0.39, 0.29) is 12.0 Å². The minimum absolute atomic E-state index is 0.117.